The molecular formula is C16H23FN2O3. The molecule has 0 aromatic heterocycles. The van der Waals surface area contributed by atoms with Crippen molar-refractivity contribution < 1.29 is 18.7 Å². The van der Waals surface area contributed by atoms with Crippen LogP contribution in [-0.2, 0) is 14.3 Å². The van der Waals surface area contributed by atoms with Gasteiger partial charge < -0.3 is 15.4 Å². The zero-order valence-corrected chi connectivity index (χ0v) is 13.2. The summed E-state index contributed by atoms with van der Waals surface area (Å²) in [6.45, 7) is 4.14. The van der Waals surface area contributed by atoms with Crippen LogP contribution in [0.2, 0.25) is 0 Å². The van der Waals surface area contributed by atoms with Gasteiger partial charge in [0.2, 0.25) is 0 Å². The summed E-state index contributed by atoms with van der Waals surface area (Å²) in [6, 6.07) is 4.08. The molecule has 0 saturated heterocycles. The van der Waals surface area contributed by atoms with Gasteiger partial charge >= 0.3 is 11.8 Å². The Kier molecular flexibility index (Phi) is 7.52. The first-order chi connectivity index (χ1) is 10.5. The smallest absolute Gasteiger partial charge is 0.313 e. The van der Waals surface area contributed by atoms with Crippen LogP contribution in [0, 0.1) is 12.7 Å². The van der Waals surface area contributed by atoms with Crippen molar-refractivity contribution in [1.82, 2.24) is 5.32 Å². The molecule has 0 unspecified atom stereocenters. The summed E-state index contributed by atoms with van der Waals surface area (Å²) < 4.78 is 18.6. The van der Waals surface area contributed by atoms with Crippen molar-refractivity contribution in [2.75, 3.05) is 19.0 Å². The van der Waals surface area contributed by atoms with Gasteiger partial charge in [-0.25, -0.2) is 4.39 Å². The Morgan fingerprint density at radius 3 is 2.68 bits per heavy atom. The topological polar surface area (TPSA) is 67.4 Å². The second-order valence-corrected chi connectivity index (χ2v) is 5.21. The van der Waals surface area contributed by atoms with Crippen molar-refractivity contribution in [2.24, 2.45) is 0 Å². The number of aryl methyl sites for hydroxylation is 1. The molecule has 22 heavy (non-hydrogen) atoms. The highest BCUT2D eigenvalue weighted by Crippen LogP contribution is 2.15. The Hall–Kier alpha value is -1.95. The molecular weight excluding hydrogens is 287 g/mol. The molecule has 0 spiro atoms. The molecule has 1 atom stereocenters. The van der Waals surface area contributed by atoms with Gasteiger partial charge in [0.25, 0.3) is 0 Å². The molecule has 1 rings (SSSR count). The number of carbonyl (C=O) groups excluding carboxylic acids is 2. The van der Waals surface area contributed by atoms with E-state index in [9.17, 15) is 14.0 Å². The van der Waals surface area contributed by atoms with E-state index in [2.05, 4.69) is 10.6 Å². The minimum absolute atomic E-state index is 0.00278. The minimum atomic E-state index is -0.887. The highest BCUT2D eigenvalue weighted by molar-refractivity contribution is 6.39. The predicted octanol–water partition coefficient (Wildman–Crippen LogP) is 2.39. The van der Waals surface area contributed by atoms with Crippen LogP contribution in [0.15, 0.2) is 18.2 Å². The molecule has 0 aliphatic carbocycles. The van der Waals surface area contributed by atoms with Crippen LogP contribution in [0.4, 0.5) is 10.1 Å². The fourth-order valence-electron chi connectivity index (χ4n) is 2.01. The Morgan fingerprint density at radius 2 is 2.05 bits per heavy atom. The molecule has 1 aromatic carbocycles. The van der Waals surface area contributed by atoms with Crippen molar-refractivity contribution in [3.05, 3.63) is 29.6 Å². The number of hydrogen-bond donors (Lipinski definition) is 2. The van der Waals surface area contributed by atoms with Gasteiger partial charge in [-0.1, -0.05) is 25.8 Å². The van der Waals surface area contributed by atoms with E-state index < -0.39 is 17.6 Å². The SMILES string of the molecule is CCCC[C@@H](COC)NC(=O)C(=O)Nc1cc(C)ccc1F. The largest absolute Gasteiger partial charge is 0.383 e. The lowest BCUT2D eigenvalue weighted by molar-refractivity contribution is -0.136. The molecule has 0 radical (unpaired) electrons. The van der Waals surface area contributed by atoms with Crippen LogP contribution in [0.1, 0.15) is 31.7 Å². The number of carbonyl (C=O) groups is 2. The monoisotopic (exact) mass is 310 g/mol. The van der Waals surface area contributed by atoms with Crippen molar-refractivity contribution >= 4 is 17.5 Å². The van der Waals surface area contributed by atoms with E-state index in [1.54, 1.807) is 13.0 Å². The van der Waals surface area contributed by atoms with Gasteiger partial charge in [0.15, 0.2) is 0 Å². The molecule has 2 N–H and O–H groups in total. The first-order valence-corrected chi connectivity index (χ1v) is 7.34. The van der Waals surface area contributed by atoms with Crippen molar-refractivity contribution in [3.8, 4) is 0 Å². The fourth-order valence-corrected chi connectivity index (χ4v) is 2.01. The number of unbranched alkanes of at least 4 members (excludes halogenated alkanes) is 1. The third-order valence-electron chi connectivity index (χ3n) is 3.19. The van der Waals surface area contributed by atoms with Crippen LogP contribution >= 0.6 is 0 Å². The molecule has 0 heterocycles. The van der Waals surface area contributed by atoms with Gasteiger partial charge in [-0.15, -0.1) is 0 Å². The van der Waals surface area contributed by atoms with E-state index in [4.69, 9.17) is 4.74 Å². The molecule has 0 aliphatic rings. The lowest BCUT2D eigenvalue weighted by Gasteiger charge is -2.17. The van der Waals surface area contributed by atoms with E-state index in [1.165, 1.54) is 19.2 Å². The Morgan fingerprint density at radius 1 is 1.32 bits per heavy atom. The Labute approximate surface area is 130 Å². The van der Waals surface area contributed by atoms with E-state index in [0.717, 1.165) is 24.8 Å². The molecule has 122 valence electrons. The molecule has 0 aliphatic heterocycles. The Balaban J connectivity index is 2.63. The van der Waals surface area contributed by atoms with Crippen molar-refractivity contribution in [3.63, 3.8) is 0 Å². The summed E-state index contributed by atoms with van der Waals surface area (Å²) in [4.78, 5) is 23.7. The third kappa shape index (κ3) is 5.81. The van der Waals surface area contributed by atoms with Crippen LogP contribution in [-0.4, -0.2) is 31.6 Å². The normalized spacial score (nSPS) is 11.8. The summed E-state index contributed by atoms with van der Waals surface area (Å²) in [5.74, 6) is -2.26. The number of benzene rings is 1. The number of rotatable bonds is 7. The molecule has 0 saturated carbocycles. The third-order valence-corrected chi connectivity index (χ3v) is 3.19. The second-order valence-electron chi connectivity index (χ2n) is 5.21. The minimum Gasteiger partial charge on any atom is -0.383 e. The number of methoxy groups -OCH3 is 1. The van der Waals surface area contributed by atoms with Crippen LogP contribution < -0.4 is 10.6 Å². The quantitative estimate of drug-likeness (QED) is 0.760. The summed E-state index contributed by atoms with van der Waals surface area (Å²) in [6.07, 6.45) is 2.63. The first kappa shape index (κ1) is 18.1. The fraction of sp³-hybridized carbons (Fsp3) is 0.500. The number of halogens is 1. The predicted molar refractivity (Wildman–Crippen MR) is 83.1 cm³/mol. The molecule has 2 amide bonds. The van der Waals surface area contributed by atoms with Crippen LogP contribution in [0.3, 0.4) is 0 Å². The van der Waals surface area contributed by atoms with E-state index in [1.807, 2.05) is 6.92 Å². The number of anilines is 1. The highest BCUT2D eigenvalue weighted by atomic mass is 19.1. The van der Waals surface area contributed by atoms with Crippen LogP contribution in [0.5, 0.6) is 0 Å². The van der Waals surface area contributed by atoms with Crippen LogP contribution in [0.25, 0.3) is 0 Å². The molecule has 1 aromatic rings. The zero-order chi connectivity index (χ0) is 16.5. The average molecular weight is 310 g/mol. The number of nitrogens with one attached hydrogen (secondary N) is 2. The van der Waals surface area contributed by atoms with E-state index in [0.29, 0.717) is 6.61 Å². The first-order valence-electron chi connectivity index (χ1n) is 7.34. The van der Waals surface area contributed by atoms with E-state index >= 15 is 0 Å². The summed E-state index contributed by atoms with van der Waals surface area (Å²) in [5, 5.41) is 4.90. The number of hydrogen-bond acceptors (Lipinski definition) is 3. The van der Waals surface area contributed by atoms with Crippen molar-refractivity contribution in [2.45, 2.75) is 39.2 Å². The highest BCUT2D eigenvalue weighted by Gasteiger charge is 2.19. The average Bonchev–Trinajstić information content (AvgIpc) is 2.48. The van der Waals surface area contributed by atoms with E-state index in [-0.39, 0.29) is 11.7 Å². The lowest BCUT2D eigenvalue weighted by Crippen LogP contribution is -2.44. The second kappa shape index (κ2) is 9.15. The van der Waals surface area contributed by atoms with Gasteiger partial charge in [0, 0.05) is 7.11 Å². The molecule has 0 fully saturated rings. The Bertz CT molecular complexity index is 520. The van der Waals surface area contributed by atoms with Gasteiger partial charge in [-0.05, 0) is 31.0 Å². The summed E-state index contributed by atoms with van der Waals surface area (Å²) in [7, 11) is 1.54. The lowest BCUT2D eigenvalue weighted by atomic mass is 10.1. The maximum atomic E-state index is 13.6. The number of amides is 2. The molecule has 6 heteroatoms. The maximum absolute atomic E-state index is 13.6. The maximum Gasteiger partial charge on any atom is 0.313 e. The van der Waals surface area contributed by atoms with Gasteiger partial charge in [-0.3, -0.25) is 9.59 Å². The molecule has 0 bridgehead atoms. The summed E-state index contributed by atoms with van der Waals surface area (Å²) >= 11 is 0. The zero-order valence-electron chi connectivity index (χ0n) is 13.2. The van der Waals surface area contributed by atoms with Crippen molar-refractivity contribution in [1.29, 1.82) is 0 Å². The van der Waals surface area contributed by atoms with Gasteiger partial charge in [-0.2, -0.15) is 0 Å². The van der Waals surface area contributed by atoms with Gasteiger partial charge in [0.05, 0.1) is 18.3 Å². The number of ether oxygens (including phenoxy) is 1. The summed E-state index contributed by atoms with van der Waals surface area (Å²) in [5.41, 5.74) is 0.786. The standard InChI is InChI=1S/C16H23FN2O3/c1-4-5-6-12(10-22-3)18-15(20)16(21)19-14-9-11(2)7-8-13(14)17/h7-9,12H,4-6,10H2,1-3H3,(H,18,20)(H,19,21)/t12-/m0/s1. The molecule has 5 nitrogen and oxygen atoms in total. The van der Waals surface area contributed by atoms with Gasteiger partial charge in [0.1, 0.15) is 5.82 Å².